The summed E-state index contributed by atoms with van der Waals surface area (Å²) in [4.78, 5) is 36.2. The quantitative estimate of drug-likeness (QED) is 0.452. The smallest absolute Gasteiger partial charge is 0.321 e. The first-order chi connectivity index (χ1) is 17.4. The van der Waals surface area contributed by atoms with E-state index in [1.807, 2.05) is 0 Å². The molecular weight excluding hydrogens is 463 g/mol. The molecule has 5 rings (SSSR count). The fourth-order valence-corrected chi connectivity index (χ4v) is 3.93. The number of para-hydroxylation sites is 1. The Bertz CT molecular complexity index is 1500. The first-order valence-electron chi connectivity index (χ1n) is 11.1. The van der Waals surface area contributed by atoms with Crippen LogP contribution in [0.2, 0.25) is 0 Å². The molecule has 3 amide bonds. The minimum atomic E-state index is -1.29. The van der Waals surface area contributed by atoms with Crippen molar-refractivity contribution >= 4 is 29.0 Å². The molecule has 1 aromatic heterocycles. The molecule has 1 aliphatic heterocycles. The first-order valence-corrected chi connectivity index (χ1v) is 11.1. The number of benzodiazepines with no additional fused rings is 1. The molecule has 1 atom stereocenters. The number of rotatable bonds is 4. The van der Waals surface area contributed by atoms with Crippen LogP contribution in [0.25, 0.3) is 11.4 Å². The summed E-state index contributed by atoms with van der Waals surface area (Å²) in [5, 5.41) is 9.18. The molecule has 2 heterocycles. The molecule has 36 heavy (non-hydrogen) atoms. The average molecular weight is 484 g/mol. The van der Waals surface area contributed by atoms with E-state index in [4.69, 9.17) is 4.52 Å². The molecule has 1 aliphatic rings. The van der Waals surface area contributed by atoms with Gasteiger partial charge in [-0.3, -0.25) is 4.79 Å². The summed E-state index contributed by atoms with van der Waals surface area (Å²) in [7, 11) is 1.59. The van der Waals surface area contributed by atoms with E-state index in [1.165, 1.54) is 11.0 Å². The zero-order valence-electron chi connectivity index (χ0n) is 19.4. The number of fused-ring (bicyclic) bond motifs is 1. The molecule has 9 nitrogen and oxygen atoms in total. The third-order valence-electron chi connectivity index (χ3n) is 5.65. The Morgan fingerprint density at radius 2 is 1.78 bits per heavy atom. The van der Waals surface area contributed by atoms with E-state index in [0.717, 1.165) is 0 Å². The molecule has 0 spiro atoms. The van der Waals surface area contributed by atoms with Gasteiger partial charge < -0.3 is 20.1 Å². The van der Waals surface area contributed by atoms with Gasteiger partial charge in [0.1, 0.15) is 5.82 Å². The van der Waals surface area contributed by atoms with Crippen LogP contribution in [-0.4, -0.2) is 41.0 Å². The lowest BCUT2D eigenvalue weighted by Gasteiger charge is -2.21. The summed E-state index contributed by atoms with van der Waals surface area (Å²) in [5.41, 5.74) is 2.71. The van der Waals surface area contributed by atoms with Crippen molar-refractivity contribution < 1.29 is 18.5 Å². The Labute approximate surface area is 205 Å². The Balaban J connectivity index is 1.45. The molecule has 4 aromatic rings. The molecule has 1 unspecified atom stereocenters. The number of benzene rings is 3. The molecule has 0 saturated heterocycles. The van der Waals surface area contributed by atoms with Gasteiger partial charge in [-0.05, 0) is 30.3 Å². The number of aryl methyl sites for hydroxylation is 1. The van der Waals surface area contributed by atoms with Gasteiger partial charge in [-0.25, -0.2) is 14.2 Å². The van der Waals surface area contributed by atoms with Gasteiger partial charge in [-0.2, -0.15) is 4.98 Å². The minimum absolute atomic E-state index is 0.225. The van der Waals surface area contributed by atoms with Crippen molar-refractivity contribution in [2.75, 3.05) is 17.3 Å². The average Bonchev–Trinajstić information content (AvgIpc) is 3.29. The Morgan fingerprint density at radius 1 is 1.03 bits per heavy atom. The van der Waals surface area contributed by atoms with Gasteiger partial charge in [0, 0.05) is 36.3 Å². The number of likely N-dealkylation sites (N-methyl/N-ethyl adjacent to an activating group) is 1. The van der Waals surface area contributed by atoms with E-state index in [-0.39, 0.29) is 11.3 Å². The number of aliphatic imine (C=N–C) groups is 1. The van der Waals surface area contributed by atoms with Gasteiger partial charge >= 0.3 is 6.03 Å². The predicted molar refractivity (Wildman–Crippen MR) is 132 cm³/mol. The molecule has 0 fully saturated rings. The lowest BCUT2D eigenvalue weighted by atomic mass is 10.00. The van der Waals surface area contributed by atoms with E-state index in [2.05, 4.69) is 25.8 Å². The second-order valence-electron chi connectivity index (χ2n) is 8.09. The van der Waals surface area contributed by atoms with Crippen molar-refractivity contribution in [1.29, 1.82) is 0 Å². The van der Waals surface area contributed by atoms with Crippen LogP contribution in [0.4, 0.5) is 20.6 Å². The fourth-order valence-electron chi connectivity index (χ4n) is 3.93. The van der Waals surface area contributed by atoms with E-state index in [1.54, 1.807) is 80.7 Å². The van der Waals surface area contributed by atoms with Crippen LogP contribution >= 0.6 is 0 Å². The number of carbonyl (C=O) groups is 2. The highest BCUT2D eigenvalue weighted by Gasteiger charge is 2.31. The van der Waals surface area contributed by atoms with Crippen LogP contribution in [0.5, 0.6) is 0 Å². The molecule has 0 saturated carbocycles. The SMILES string of the molecule is Cc1nc(-c2cccc(NC(=O)NC3N=C(c4ccccc4F)c4ccccc4N(C)C3=O)c2)no1. The van der Waals surface area contributed by atoms with Gasteiger partial charge in [-0.1, -0.05) is 47.6 Å². The first kappa shape index (κ1) is 22.9. The number of hydrogen-bond acceptors (Lipinski definition) is 6. The van der Waals surface area contributed by atoms with Crippen molar-refractivity contribution in [2.24, 2.45) is 4.99 Å². The van der Waals surface area contributed by atoms with Crippen LogP contribution in [0.1, 0.15) is 17.0 Å². The van der Waals surface area contributed by atoms with Crippen molar-refractivity contribution in [2.45, 2.75) is 13.1 Å². The van der Waals surface area contributed by atoms with Crippen molar-refractivity contribution in [3.8, 4) is 11.4 Å². The number of halogens is 1. The maximum absolute atomic E-state index is 14.8. The highest BCUT2D eigenvalue weighted by molar-refractivity contribution is 6.20. The zero-order chi connectivity index (χ0) is 25.2. The van der Waals surface area contributed by atoms with Crippen molar-refractivity contribution in [3.05, 3.63) is 95.6 Å². The minimum Gasteiger partial charge on any atom is -0.339 e. The molecular formula is C26H21FN6O3. The summed E-state index contributed by atoms with van der Waals surface area (Å²) < 4.78 is 19.8. The summed E-state index contributed by atoms with van der Waals surface area (Å²) in [5.74, 6) is -0.157. The number of carbonyl (C=O) groups excluding carboxylic acids is 2. The van der Waals surface area contributed by atoms with Crippen LogP contribution in [0.3, 0.4) is 0 Å². The number of anilines is 2. The lowest BCUT2D eigenvalue weighted by molar-refractivity contribution is -0.119. The standard InChI is InChI=1S/C26H21FN6O3/c1-15-28-23(32-36-15)16-8-7-9-17(14-16)29-26(35)31-24-25(34)33(2)21-13-6-4-11-19(21)22(30-24)18-10-3-5-12-20(18)27/h3-14,24H,1-2H3,(H2,29,31,35). The highest BCUT2D eigenvalue weighted by atomic mass is 19.1. The van der Waals surface area contributed by atoms with E-state index in [0.29, 0.717) is 34.2 Å². The zero-order valence-corrected chi connectivity index (χ0v) is 19.4. The monoisotopic (exact) mass is 484 g/mol. The Hall–Kier alpha value is -4.86. The number of nitrogens with zero attached hydrogens (tertiary/aromatic N) is 4. The van der Waals surface area contributed by atoms with Crippen molar-refractivity contribution in [3.63, 3.8) is 0 Å². The number of nitrogens with one attached hydrogen (secondary N) is 2. The Kier molecular flexibility index (Phi) is 5.99. The summed E-state index contributed by atoms with van der Waals surface area (Å²) in [6.07, 6.45) is -1.29. The maximum atomic E-state index is 14.8. The molecule has 3 aromatic carbocycles. The van der Waals surface area contributed by atoms with Crippen LogP contribution in [0.15, 0.2) is 82.3 Å². The second-order valence-corrected chi connectivity index (χ2v) is 8.09. The summed E-state index contributed by atoms with van der Waals surface area (Å²) in [6.45, 7) is 1.68. The van der Waals surface area contributed by atoms with E-state index >= 15 is 0 Å². The molecule has 2 N–H and O–H groups in total. The third-order valence-corrected chi connectivity index (χ3v) is 5.65. The lowest BCUT2D eigenvalue weighted by Crippen LogP contribution is -2.47. The van der Waals surface area contributed by atoms with Gasteiger partial charge in [0.15, 0.2) is 0 Å². The predicted octanol–water partition coefficient (Wildman–Crippen LogP) is 4.15. The van der Waals surface area contributed by atoms with Gasteiger partial charge in [0.25, 0.3) is 5.91 Å². The van der Waals surface area contributed by atoms with Gasteiger partial charge in [-0.15, -0.1) is 0 Å². The summed E-state index contributed by atoms with van der Waals surface area (Å²) >= 11 is 0. The van der Waals surface area contributed by atoms with Crippen LogP contribution < -0.4 is 15.5 Å². The maximum Gasteiger partial charge on any atom is 0.321 e. The molecule has 0 bridgehead atoms. The molecule has 180 valence electrons. The van der Waals surface area contributed by atoms with E-state index < -0.39 is 23.9 Å². The topological polar surface area (TPSA) is 113 Å². The van der Waals surface area contributed by atoms with Crippen LogP contribution in [0, 0.1) is 12.7 Å². The van der Waals surface area contributed by atoms with Gasteiger partial charge in [0.2, 0.25) is 17.9 Å². The van der Waals surface area contributed by atoms with Gasteiger partial charge in [0.05, 0.1) is 11.4 Å². The number of aromatic nitrogens is 2. The molecule has 10 heteroatoms. The molecule has 0 radical (unpaired) electrons. The highest BCUT2D eigenvalue weighted by Crippen LogP contribution is 2.28. The fraction of sp³-hybridized carbons (Fsp3) is 0.115. The normalized spacial score (nSPS) is 15.1. The Morgan fingerprint density at radius 3 is 2.53 bits per heavy atom. The number of amides is 3. The number of hydrogen-bond donors (Lipinski definition) is 2. The van der Waals surface area contributed by atoms with Crippen molar-refractivity contribution in [1.82, 2.24) is 15.5 Å². The summed E-state index contributed by atoms with van der Waals surface area (Å²) in [6, 6.07) is 19.4. The molecule has 0 aliphatic carbocycles. The van der Waals surface area contributed by atoms with E-state index in [9.17, 15) is 14.0 Å². The van der Waals surface area contributed by atoms with Crippen LogP contribution in [-0.2, 0) is 4.79 Å². The number of urea groups is 1. The third kappa shape index (κ3) is 4.43. The second kappa shape index (κ2) is 9.41. The largest absolute Gasteiger partial charge is 0.339 e.